The maximum absolute atomic E-state index is 13.4. The number of carbonyl (C=O) groups excluding carboxylic acids is 1. The number of hydrogen-bond donors (Lipinski definition) is 1. The Morgan fingerprint density at radius 1 is 1.13 bits per heavy atom. The van der Waals surface area contributed by atoms with Gasteiger partial charge in [-0.3, -0.25) is 4.79 Å². The molecule has 1 aliphatic heterocycles. The van der Waals surface area contributed by atoms with Gasteiger partial charge in [-0.2, -0.15) is 0 Å². The Morgan fingerprint density at radius 2 is 1.91 bits per heavy atom. The maximum atomic E-state index is 13.4. The Hall–Kier alpha value is -2.76. The number of carbonyl (C=O) groups is 1. The lowest BCUT2D eigenvalue weighted by Crippen LogP contribution is -2.20. The largest absolute Gasteiger partial charge is 0.490 e. The quantitative estimate of drug-likeness (QED) is 0.942. The molecule has 0 aliphatic carbocycles. The van der Waals surface area contributed by atoms with E-state index in [0.717, 1.165) is 6.42 Å². The second kappa shape index (κ2) is 7.00. The molecular weight excluding hydrogens is 301 g/mol. The number of para-hydroxylation sites is 1. The zero-order chi connectivity index (χ0) is 16.1. The molecule has 2 aromatic carbocycles. The molecule has 23 heavy (non-hydrogen) atoms. The number of hydrogen-bond acceptors (Lipinski definition) is 4. The fourth-order valence-electron chi connectivity index (χ4n) is 2.14. The third-order valence-corrected chi connectivity index (χ3v) is 3.23. The number of nitrogens with one attached hydrogen (secondary N) is 1. The first kappa shape index (κ1) is 15.1. The second-order valence-electron chi connectivity index (χ2n) is 4.98. The first-order valence-electron chi connectivity index (χ1n) is 7.29. The molecular formula is C17H16FNO4. The van der Waals surface area contributed by atoms with Gasteiger partial charge in [0.15, 0.2) is 29.7 Å². The Bertz CT molecular complexity index is 705. The summed E-state index contributed by atoms with van der Waals surface area (Å²) >= 11 is 0. The summed E-state index contributed by atoms with van der Waals surface area (Å²) in [6.07, 6.45) is 0.812. The lowest BCUT2D eigenvalue weighted by Gasteiger charge is -2.11. The molecule has 0 radical (unpaired) electrons. The fraction of sp³-hybridized carbons (Fsp3) is 0.235. The van der Waals surface area contributed by atoms with Crippen LogP contribution >= 0.6 is 0 Å². The molecule has 1 N–H and O–H groups in total. The van der Waals surface area contributed by atoms with Gasteiger partial charge >= 0.3 is 0 Å². The maximum Gasteiger partial charge on any atom is 0.262 e. The van der Waals surface area contributed by atoms with E-state index in [9.17, 15) is 9.18 Å². The van der Waals surface area contributed by atoms with Crippen LogP contribution in [0.1, 0.15) is 6.42 Å². The number of anilines is 1. The van der Waals surface area contributed by atoms with Crippen LogP contribution in [0.4, 0.5) is 10.1 Å². The van der Waals surface area contributed by atoms with Crippen LogP contribution in [-0.2, 0) is 4.79 Å². The lowest BCUT2D eigenvalue weighted by molar-refractivity contribution is -0.118. The minimum Gasteiger partial charge on any atom is -0.490 e. The highest BCUT2D eigenvalue weighted by atomic mass is 19.1. The summed E-state index contributed by atoms with van der Waals surface area (Å²) in [5, 5.41) is 2.68. The average molecular weight is 317 g/mol. The first-order valence-corrected chi connectivity index (χ1v) is 7.29. The SMILES string of the molecule is O=C(COc1ccccc1F)Nc1ccc2c(c1)OCCCO2. The zero-order valence-electron chi connectivity index (χ0n) is 12.4. The van der Waals surface area contributed by atoms with Crippen molar-refractivity contribution in [2.24, 2.45) is 0 Å². The monoisotopic (exact) mass is 317 g/mol. The number of benzene rings is 2. The van der Waals surface area contributed by atoms with E-state index >= 15 is 0 Å². The molecule has 0 spiro atoms. The van der Waals surface area contributed by atoms with Gasteiger partial charge in [-0.1, -0.05) is 12.1 Å². The third kappa shape index (κ3) is 3.91. The van der Waals surface area contributed by atoms with Crippen molar-refractivity contribution >= 4 is 11.6 Å². The molecule has 0 fully saturated rings. The second-order valence-corrected chi connectivity index (χ2v) is 4.98. The highest BCUT2D eigenvalue weighted by Gasteiger charge is 2.12. The van der Waals surface area contributed by atoms with Gasteiger partial charge in [-0.15, -0.1) is 0 Å². The smallest absolute Gasteiger partial charge is 0.262 e. The molecule has 1 aliphatic rings. The van der Waals surface area contributed by atoms with E-state index in [1.807, 2.05) is 0 Å². The summed E-state index contributed by atoms with van der Waals surface area (Å²) in [6.45, 7) is 0.894. The summed E-state index contributed by atoms with van der Waals surface area (Å²) in [7, 11) is 0. The van der Waals surface area contributed by atoms with Crippen molar-refractivity contribution in [3.8, 4) is 17.2 Å². The van der Waals surface area contributed by atoms with E-state index in [1.165, 1.54) is 12.1 Å². The Labute approximate surface area is 133 Å². The van der Waals surface area contributed by atoms with E-state index in [-0.39, 0.29) is 18.3 Å². The van der Waals surface area contributed by atoms with Crippen LogP contribution in [-0.4, -0.2) is 25.7 Å². The van der Waals surface area contributed by atoms with Crippen molar-refractivity contribution in [3.05, 3.63) is 48.3 Å². The van der Waals surface area contributed by atoms with Gasteiger partial charge in [0.05, 0.1) is 13.2 Å². The van der Waals surface area contributed by atoms with Crippen molar-refractivity contribution in [3.63, 3.8) is 0 Å². The van der Waals surface area contributed by atoms with Gasteiger partial charge in [0.2, 0.25) is 0 Å². The molecule has 3 rings (SSSR count). The normalized spacial score (nSPS) is 13.1. The molecule has 0 atom stereocenters. The molecule has 1 amide bonds. The summed E-state index contributed by atoms with van der Waals surface area (Å²) in [6, 6.07) is 11.1. The molecule has 5 nitrogen and oxygen atoms in total. The fourth-order valence-corrected chi connectivity index (χ4v) is 2.14. The van der Waals surface area contributed by atoms with Gasteiger partial charge in [0, 0.05) is 18.2 Å². The summed E-state index contributed by atoms with van der Waals surface area (Å²) in [5.41, 5.74) is 0.566. The number of ether oxygens (including phenoxy) is 3. The standard InChI is InChI=1S/C17H16FNO4/c18-13-4-1-2-5-14(13)23-11-17(20)19-12-6-7-15-16(10-12)22-9-3-8-21-15/h1-2,4-7,10H,3,8-9,11H2,(H,19,20). The molecule has 2 aromatic rings. The molecule has 0 unspecified atom stereocenters. The van der Waals surface area contributed by atoms with Gasteiger partial charge in [-0.25, -0.2) is 4.39 Å². The van der Waals surface area contributed by atoms with Crippen molar-refractivity contribution < 1.29 is 23.4 Å². The molecule has 120 valence electrons. The van der Waals surface area contributed by atoms with E-state index in [1.54, 1.807) is 30.3 Å². The predicted molar refractivity (Wildman–Crippen MR) is 82.6 cm³/mol. The van der Waals surface area contributed by atoms with Crippen LogP contribution in [0.3, 0.4) is 0 Å². The highest BCUT2D eigenvalue weighted by Crippen LogP contribution is 2.32. The molecule has 0 saturated heterocycles. The first-order chi connectivity index (χ1) is 11.2. The Kier molecular flexibility index (Phi) is 4.61. The molecule has 1 heterocycles. The van der Waals surface area contributed by atoms with Gasteiger partial charge in [0.25, 0.3) is 5.91 Å². The van der Waals surface area contributed by atoms with Crippen LogP contribution < -0.4 is 19.5 Å². The Morgan fingerprint density at radius 3 is 2.74 bits per heavy atom. The summed E-state index contributed by atoms with van der Waals surface area (Å²) < 4.78 is 29.6. The van der Waals surface area contributed by atoms with Crippen molar-refractivity contribution in [2.45, 2.75) is 6.42 Å². The van der Waals surface area contributed by atoms with Gasteiger partial charge < -0.3 is 19.5 Å². The lowest BCUT2D eigenvalue weighted by atomic mass is 10.2. The number of halogens is 1. The van der Waals surface area contributed by atoms with Crippen molar-refractivity contribution in [1.82, 2.24) is 0 Å². The van der Waals surface area contributed by atoms with E-state index < -0.39 is 5.82 Å². The number of rotatable bonds is 4. The number of amides is 1. The van der Waals surface area contributed by atoms with Crippen molar-refractivity contribution in [1.29, 1.82) is 0 Å². The van der Waals surface area contributed by atoms with E-state index in [0.29, 0.717) is 30.4 Å². The van der Waals surface area contributed by atoms with Crippen LogP contribution in [0.5, 0.6) is 17.2 Å². The van der Waals surface area contributed by atoms with Gasteiger partial charge in [-0.05, 0) is 24.3 Å². The third-order valence-electron chi connectivity index (χ3n) is 3.23. The highest BCUT2D eigenvalue weighted by molar-refractivity contribution is 5.92. The summed E-state index contributed by atoms with van der Waals surface area (Å²) in [5.74, 6) is 0.401. The molecule has 0 aromatic heterocycles. The van der Waals surface area contributed by atoms with Crippen LogP contribution in [0.2, 0.25) is 0 Å². The molecule has 0 bridgehead atoms. The van der Waals surface area contributed by atoms with Crippen LogP contribution in [0.25, 0.3) is 0 Å². The average Bonchev–Trinajstić information content (AvgIpc) is 2.79. The molecule has 0 saturated carbocycles. The molecule has 6 heteroatoms. The van der Waals surface area contributed by atoms with Crippen LogP contribution in [0, 0.1) is 5.82 Å². The summed E-state index contributed by atoms with van der Waals surface area (Å²) in [4.78, 5) is 11.9. The number of fused-ring (bicyclic) bond motifs is 1. The van der Waals surface area contributed by atoms with Crippen molar-refractivity contribution in [2.75, 3.05) is 25.1 Å². The van der Waals surface area contributed by atoms with Crippen LogP contribution in [0.15, 0.2) is 42.5 Å². The van der Waals surface area contributed by atoms with E-state index in [2.05, 4.69) is 5.32 Å². The predicted octanol–water partition coefficient (Wildman–Crippen LogP) is 3.00. The minimum absolute atomic E-state index is 0.0429. The zero-order valence-corrected chi connectivity index (χ0v) is 12.4. The van der Waals surface area contributed by atoms with Gasteiger partial charge in [0.1, 0.15) is 0 Å². The van der Waals surface area contributed by atoms with E-state index in [4.69, 9.17) is 14.2 Å². The minimum atomic E-state index is -0.504. The Balaban J connectivity index is 1.60. The topological polar surface area (TPSA) is 56.8 Å².